The predicted octanol–water partition coefficient (Wildman–Crippen LogP) is 1.40. The first-order valence-electron chi connectivity index (χ1n) is 7.06. The molecule has 2 unspecified atom stereocenters. The van der Waals surface area contributed by atoms with Crippen LogP contribution in [0.3, 0.4) is 0 Å². The first kappa shape index (κ1) is 17.0. The van der Waals surface area contributed by atoms with E-state index in [1.807, 2.05) is 60.7 Å². The SMILES string of the molecule is O.O=CC1(c2ccccc2)CO1.O=CC1(c2ccccc2)CO1. The zero-order chi connectivity index (χ0) is 15.5. The van der Waals surface area contributed by atoms with Gasteiger partial charge in [0.1, 0.15) is 0 Å². The van der Waals surface area contributed by atoms with Gasteiger partial charge in [0.15, 0.2) is 23.8 Å². The highest BCUT2D eigenvalue weighted by atomic mass is 16.6. The van der Waals surface area contributed by atoms with Crippen LogP contribution in [0, 0.1) is 0 Å². The highest BCUT2D eigenvalue weighted by Crippen LogP contribution is 2.36. The van der Waals surface area contributed by atoms with E-state index in [2.05, 4.69) is 0 Å². The molecule has 0 spiro atoms. The lowest BCUT2D eigenvalue weighted by Crippen LogP contribution is -2.09. The Balaban J connectivity index is 0.000000160. The molecular weight excluding hydrogens is 296 g/mol. The number of carbonyl (C=O) groups is 2. The average Bonchev–Trinajstić information content (AvgIpc) is 3.52. The van der Waals surface area contributed by atoms with Crippen molar-refractivity contribution >= 4 is 12.6 Å². The number of aldehydes is 2. The Labute approximate surface area is 134 Å². The second-order valence-electron chi connectivity index (χ2n) is 5.32. The standard InChI is InChI=1S/2C9H8O2.H2O/c2*10-6-9(7-11-9)8-4-2-1-3-5-8;/h2*1-6H,7H2;1H2. The second-order valence-corrected chi connectivity index (χ2v) is 5.32. The number of hydrogen-bond acceptors (Lipinski definition) is 4. The van der Waals surface area contributed by atoms with E-state index < -0.39 is 11.2 Å². The summed E-state index contributed by atoms with van der Waals surface area (Å²) < 4.78 is 10.1. The monoisotopic (exact) mass is 314 g/mol. The third kappa shape index (κ3) is 3.53. The van der Waals surface area contributed by atoms with Gasteiger partial charge in [-0.05, 0) is 11.1 Å². The molecule has 4 rings (SSSR count). The van der Waals surface area contributed by atoms with E-state index in [0.29, 0.717) is 13.2 Å². The molecule has 2 N–H and O–H groups in total. The van der Waals surface area contributed by atoms with Crippen molar-refractivity contribution < 1.29 is 24.5 Å². The molecule has 5 nitrogen and oxygen atoms in total. The van der Waals surface area contributed by atoms with Gasteiger partial charge >= 0.3 is 0 Å². The number of carbonyl (C=O) groups excluding carboxylic acids is 2. The van der Waals surface area contributed by atoms with Crippen molar-refractivity contribution in [2.45, 2.75) is 11.2 Å². The summed E-state index contributed by atoms with van der Waals surface area (Å²) in [6.07, 6.45) is 1.73. The van der Waals surface area contributed by atoms with Crippen molar-refractivity contribution in [3.05, 3.63) is 71.8 Å². The maximum Gasteiger partial charge on any atom is 0.171 e. The van der Waals surface area contributed by atoms with Crippen LogP contribution in [0.25, 0.3) is 0 Å². The number of rotatable bonds is 4. The van der Waals surface area contributed by atoms with Gasteiger partial charge in [0.05, 0.1) is 13.2 Å². The van der Waals surface area contributed by atoms with E-state index >= 15 is 0 Å². The topological polar surface area (TPSA) is 90.7 Å². The fourth-order valence-electron chi connectivity index (χ4n) is 2.20. The lowest BCUT2D eigenvalue weighted by Gasteiger charge is -2.01. The van der Waals surface area contributed by atoms with Gasteiger partial charge in [-0.25, -0.2) is 0 Å². The number of epoxide rings is 2. The smallest absolute Gasteiger partial charge is 0.171 e. The van der Waals surface area contributed by atoms with Gasteiger partial charge in [0, 0.05) is 0 Å². The molecule has 0 radical (unpaired) electrons. The number of benzene rings is 2. The van der Waals surface area contributed by atoms with Crippen LogP contribution in [-0.4, -0.2) is 31.3 Å². The van der Waals surface area contributed by atoms with Crippen molar-refractivity contribution in [2.75, 3.05) is 13.2 Å². The minimum Gasteiger partial charge on any atom is -0.412 e. The van der Waals surface area contributed by atoms with Crippen LogP contribution in [-0.2, 0) is 30.3 Å². The fourth-order valence-corrected chi connectivity index (χ4v) is 2.20. The van der Waals surface area contributed by atoms with E-state index in [4.69, 9.17) is 9.47 Å². The first-order chi connectivity index (χ1) is 10.7. The summed E-state index contributed by atoms with van der Waals surface area (Å²) in [5.74, 6) is 0. The molecule has 2 aromatic rings. The lowest BCUT2D eigenvalue weighted by atomic mass is 10.0. The van der Waals surface area contributed by atoms with E-state index in [-0.39, 0.29) is 5.48 Å². The minimum atomic E-state index is -0.596. The molecule has 2 fully saturated rings. The van der Waals surface area contributed by atoms with Crippen LogP contribution in [0.2, 0.25) is 0 Å². The quantitative estimate of drug-likeness (QED) is 0.630. The van der Waals surface area contributed by atoms with Gasteiger partial charge in [-0.15, -0.1) is 0 Å². The number of hydrogen-bond donors (Lipinski definition) is 0. The van der Waals surface area contributed by atoms with Crippen LogP contribution in [0.15, 0.2) is 60.7 Å². The maximum absolute atomic E-state index is 10.6. The summed E-state index contributed by atoms with van der Waals surface area (Å²) in [7, 11) is 0. The lowest BCUT2D eigenvalue weighted by molar-refractivity contribution is -0.113. The van der Waals surface area contributed by atoms with Gasteiger partial charge in [-0.2, -0.15) is 0 Å². The third-order valence-corrected chi connectivity index (χ3v) is 3.82. The Bertz CT molecular complexity index is 586. The molecule has 2 aliphatic rings. The van der Waals surface area contributed by atoms with Crippen molar-refractivity contribution in [1.82, 2.24) is 0 Å². The van der Waals surface area contributed by atoms with Crippen molar-refractivity contribution in [3.63, 3.8) is 0 Å². The Morgan fingerprint density at radius 2 is 1.00 bits per heavy atom. The Hall–Kier alpha value is -2.34. The fraction of sp³-hybridized carbons (Fsp3) is 0.222. The molecule has 2 aliphatic heterocycles. The van der Waals surface area contributed by atoms with Crippen LogP contribution < -0.4 is 0 Å². The molecule has 23 heavy (non-hydrogen) atoms. The summed E-state index contributed by atoms with van der Waals surface area (Å²) in [4.78, 5) is 21.1. The molecule has 0 saturated carbocycles. The Morgan fingerprint density at radius 1 is 0.696 bits per heavy atom. The van der Waals surface area contributed by atoms with Crippen LogP contribution in [0.5, 0.6) is 0 Å². The van der Waals surface area contributed by atoms with Crippen molar-refractivity contribution in [1.29, 1.82) is 0 Å². The molecule has 5 heteroatoms. The predicted molar refractivity (Wildman–Crippen MR) is 83.9 cm³/mol. The van der Waals surface area contributed by atoms with E-state index in [1.165, 1.54) is 0 Å². The normalized spacial score (nSPS) is 26.8. The zero-order valence-corrected chi connectivity index (χ0v) is 12.5. The van der Waals surface area contributed by atoms with Crippen molar-refractivity contribution in [3.8, 4) is 0 Å². The van der Waals surface area contributed by atoms with Gasteiger partial charge in [-0.3, -0.25) is 9.59 Å². The molecule has 0 amide bonds. The van der Waals surface area contributed by atoms with Gasteiger partial charge in [0.2, 0.25) is 0 Å². The van der Waals surface area contributed by atoms with Gasteiger partial charge in [-0.1, -0.05) is 60.7 Å². The van der Waals surface area contributed by atoms with Gasteiger partial charge < -0.3 is 14.9 Å². The summed E-state index contributed by atoms with van der Waals surface area (Å²) in [5, 5.41) is 0. The highest BCUT2D eigenvalue weighted by molar-refractivity contribution is 5.70. The van der Waals surface area contributed by atoms with Crippen LogP contribution in [0.4, 0.5) is 0 Å². The van der Waals surface area contributed by atoms with E-state index in [0.717, 1.165) is 23.7 Å². The molecule has 0 bridgehead atoms. The summed E-state index contributed by atoms with van der Waals surface area (Å²) in [5.41, 5.74) is 0.715. The van der Waals surface area contributed by atoms with Crippen LogP contribution >= 0.6 is 0 Å². The van der Waals surface area contributed by atoms with E-state index in [9.17, 15) is 9.59 Å². The van der Waals surface area contributed by atoms with E-state index in [1.54, 1.807) is 0 Å². The molecule has 2 saturated heterocycles. The molecular formula is C18H18O5. The zero-order valence-electron chi connectivity index (χ0n) is 12.5. The largest absolute Gasteiger partial charge is 0.412 e. The molecule has 2 heterocycles. The average molecular weight is 314 g/mol. The van der Waals surface area contributed by atoms with Gasteiger partial charge in [0.25, 0.3) is 0 Å². The summed E-state index contributed by atoms with van der Waals surface area (Å²) in [6.45, 7) is 1.06. The molecule has 120 valence electrons. The molecule has 0 aliphatic carbocycles. The molecule has 0 aromatic heterocycles. The highest BCUT2D eigenvalue weighted by Gasteiger charge is 2.46. The van der Waals surface area contributed by atoms with Crippen molar-refractivity contribution in [2.24, 2.45) is 0 Å². The maximum atomic E-state index is 10.6. The van der Waals surface area contributed by atoms with Crippen LogP contribution in [0.1, 0.15) is 11.1 Å². The number of ether oxygens (including phenoxy) is 2. The third-order valence-electron chi connectivity index (χ3n) is 3.82. The molecule has 2 aromatic carbocycles. The summed E-state index contributed by atoms with van der Waals surface area (Å²) >= 11 is 0. The first-order valence-corrected chi connectivity index (χ1v) is 7.06. The Morgan fingerprint density at radius 3 is 1.22 bits per heavy atom. The summed E-state index contributed by atoms with van der Waals surface area (Å²) in [6, 6.07) is 19.1. The molecule has 2 atom stereocenters. The Kier molecular flexibility index (Phi) is 5.05. The minimum absolute atomic E-state index is 0. The second kappa shape index (κ2) is 6.83.